The fourth-order valence-corrected chi connectivity index (χ4v) is 3.24. The van der Waals surface area contributed by atoms with Crippen LogP contribution in [0.4, 0.5) is 0 Å². The van der Waals surface area contributed by atoms with Crippen LogP contribution < -0.4 is 5.32 Å². The molecule has 0 aromatic heterocycles. The first-order valence-electron chi connectivity index (χ1n) is 7.67. The maximum absolute atomic E-state index is 12.2. The van der Waals surface area contributed by atoms with E-state index >= 15 is 0 Å². The van der Waals surface area contributed by atoms with Crippen molar-refractivity contribution >= 4 is 5.91 Å². The zero-order valence-corrected chi connectivity index (χ0v) is 12.8. The molecule has 2 rings (SSSR count). The minimum Gasteiger partial charge on any atom is -0.384 e. The van der Waals surface area contributed by atoms with Gasteiger partial charge in [-0.1, -0.05) is 6.42 Å². The summed E-state index contributed by atoms with van der Waals surface area (Å²) in [5, 5.41) is 3.15. The van der Waals surface area contributed by atoms with Crippen LogP contribution in [0.15, 0.2) is 0 Å². The second-order valence-corrected chi connectivity index (χ2v) is 6.28. The molecular formula is C15H28N2O3. The largest absolute Gasteiger partial charge is 0.384 e. The van der Waals surface area contributed by atoms with E-state index in [1.807, 2.05) is 0 Å². The van der Waals surface area contributed by atoms with Crippen molar-refractivity contribution < 1.29 is 14.3 Å². The molecule has 1 aliphatic heterocycles. The number of amides is 1. The summed E-state index contributed by atoms with van der Waals surface area (Å²) >= 11 is 0. The molecule has 5 heteroatoms. The van der Waals surface area contributed by atoms with E-state index < -0.39 is 0 Å². The molecular weight excluding hydrogens is 256 g/mol. The highest BCUT2D eigenvalue weighted by Crippen LogP contribution is 2.40. The highest BCUT2D eigenvalue weighted by atomic mass is 16.5. The van der Waals surface area contributed by atoms with Crippen LogP contribution in [-0.4, -0.2) is 64.4 Å². The number of hydrogen-bond donors (Lipinski definition) is 1. The van der Waals surface area contributed by atoms with Gasteiger partial charge in [-0.2, -0.15) is 0 Å². The normalized spacial score (nSPS) is 25.4. The average Bonchev–Trinajstić information content (AvgIpc) is 2.87. The van der Waals surface area contributed by atoms with Gasteiger partial charge in [-0.15, -0.1) is 0 Å². The van der Waals surface area contributed by atoms with Crippen LogP contribution >= 0.6 is 0 Å². The Bertz CT molecular complexity index is 318. The number of hydrogen-bond acceptors (Lipinski definition) is 4. The van der Waals surface area contributed by atoms with Gasteiger partial charge in [0.2, 0.25) is 5.91 Å². The average molecular weight is 284 g/mol. The Kier molecular flexibility index (Phi) is 5.81. The molecule has 0 aromatic rings. The summed E-state index contributed by atoms with van der Waals surface area (Å²) < 4.78 is 10.4. The van der Waals surface area contributed by atoms with E-state index in [9.17, 15) is 4.79 Å². The Morgan fingerprint density at radius 2 is 2.15 bits per heavy atom. The zero-order chi connectivity index (χ0) is 14.4. The number of methoxy groups -OCH3 is 2. The van der Waals surface area contributed by atoms with E-state index in [0.29, 0.717) is 0 Å². The van der Waals surface area contributed by atoms with E-state index in [4.69, 9.17) is 9.47 Å². The van der Waals surface area contributed by atoms with E-state index in [2.05, 4.69) is 10.2 Å². The SMILES string of the molecule is COCCN1CC[C@@H](C(=O)NCC2(COC)CCC2)C1. The number of ether oxygens (including phenoxy) is 2. The van der Waals surface area contributed by atoms with Crippen LogP contribution in [0.5, 0.6) is 0 Å². The van der Waals surface area contributed by atoms with E-state index in [-0.39, 0.29) is 17.2 Å². The van der Waals surface area contributed by atoms with Gasteiger partial charge in [0, 0.05) is 39.3 Å². The predicted octanol–water partition coefficient (Wildman–Crippen LogP) is 0.888. The lowest BCUT2D eigenvalue weighted by molar-refractivity contribution is -0.125. The summed E-state index contributed by atoms with van der Waals surface area (Å²) in [7, 11) is 3.46. The lowest BCUT2D eigenvalue weighted by atomic mass is 9.69. The Hall–Kier alpha value is -0.650. The maximum Gasteiger partial charge on any atom is 0.224 e. The number of carbonyl (C=O) groups is 1. The monoisotopic (exact) mass is 284 g/mol. The number of nitrogens with one attached hydrogen (secondary N) is 1. The fourth-order valence-electron chi connectivity index (χ4n) is 3.24. The Balaban J connectivity index is 1.70. The summed E-state index contributed by atoms with van der Waals surface area (Å²) in [4.78, 5) is 14.6. The number of nitrogens with zero attached hydrogens (tertiary/aromatic N) is 1. The Labute approximate surface area is 122 Å². The summed E-state index contributed by atoms with van der Waals surface area (Å²) in [6.45, 7) is 5.07. The van der Waals surface area contributed by atoms with Crippen LogP contribution in [0, 0.1) is 11.3 Å². The van der Waals surface area contributed by atoms with Gasteiger partial charge in [-0.25, -0.2) is 0 Å². The highest BCUT2D eigenvalue weighted by Gasteiger charge is 2.38. The third kappa shape index (κ3) is 3.93. The quantitative estimate of drug-likeness (QED) is 0.719. The standard InChI is InChI=1S/C15H28N2O3/c1-19-9-8-17-7-4-13(10-17)14(18)16-11-15(12-20-2)5-3-6-15/h13H,3-12H2,1-2H3,(H,16,18)/t13-/m1/s1. The molecule has 1 N–H and O–H groups in total. The summed E-state index contributed by atoms with van der Waals surface area (Å²) in [5.74, 6) is 0.360. The topological polar surface area (TPSA) is 50.8 Å². The van der Waals surface area contributed by atoms with Crippen LogP contribution in [-0.2, 0) is 14.3 Å². The predicted molar refractivity (Wildman–Crippen MR) is 77.6 cm³/mol. The third-order valence-electron chi connectivity index (χ3n) is 4.76. The van der Waals surface area contributed by atoms with E-state index in [0.717, 1.165) is 45.8 Å². The molecule has 0 unspecified atom stereocenters. The molecule has 2 aliphatic rings. The minimum atomic E-state index is 0.145. The van der Waals surface area contributed by atoms with E-state index in [1.165, 1.54) is 19.3 Å². The molecule has 0 bridgehead atoms. The van der Waals surface area contributed by atoms with Crippen LogP contribution in [0.2, 0.25) is 0 Å². The zero-order valence-electron chi connectivity index (χ0n) is 12.8. The first-order valence-corrected chi connectivity index (χ1v) is 7.67. The number of likely N-dealkylation sites (tertiary alicyclic amines) is 1. The van der Waals surface area contributed by atoms with Gasteiger partial charge in [-0.05, 0) is 25.8 Å². The van der Waals surface area contributed by atoms with Crippen molar-refractivity contribution in [2.75, 3.05) is 53.6 Å². The van der Waals surface area contributed by atoms with Crippen molar-refractivity contribution in [3.63, 3.8) is 0 Å². The van der Waals surface area contributed by atoms with Gasteiger partial charge in [0.05, 0.1) is 19.1 Å². The van der Waals surface area contributed by atoms with Gasteiger partial charge in [0.15, 0.2) is 0 Å². The molecule has 20 heavy (non-hydrogen) atoms. The molecule has 1 saturated heterocycles. The van der Waals surface area contributed by atoms with Crippen molar-refractivity contribution in [2.24, 2.45) is 11.3 Å². The van der Waals surface area contributed by atoms with Gasteiger partial charge in [0.25, 0.3) is 0 Å². The van der Waals surface area contributed by atoms with Crippen LogP contribution in [0.1, 0.15) is 25.7 Å². The molecule has 0 aromatic carbocycles. The molecule has 5 nitrogen and oxygen atoms in total. The molecule has 1 atom stereocenters. The third-order valence-corrected chi connectivity index (χ3v) is 4.76. The van der Waals surface area contributed by atoms with Crippen molar-refractivity contribution in [3.8, 4) is 0 Å². The lowest BCUT2D eigenvalue weighted by Gasteiger charge is -2.41. The van der Waals surface area contributed by atoms with Crippen LogP contribution in [0.3, 0.4) is 0 Å². The summed E-state index contributed by atoms with van der Waals surface area (Å²) in [6.07, 6.45) is 4.57. The lowest BCUT2D eigenvalue weighted by Crippen LogP contribution is -2.46. The summed E-state index contributed by atoms with van der Waals surface area (Å²) in [5.41, 5.74) is 0.207. The molecule has 1 saturated carbocycles. The molecule has 0 spiro atoms. The molecule has 1 heterocycles. The molecule has 1 amide bonds. The molecule has 0 radical (unpaired) electrons. The maximum atomic E-state index is 12.2. The second-order valence-electron chi connectivity index (χ2n) is 6.28. The van der Waals surface area contributed by atoms with Gasteiger partial charge in [-0.3, -0.25) is 4.79 Å². The summed E-state index contributed by atoms with van der Waals surface area (Å²) in [6, 6.07) is 0. The highest BCUT2D eigenvalue weighted by molar-refractivity contribution is 5.79. The molecule has 1 aliphatic carbocycles. The fraction of sp³-hybridized carbons (Fsp3) is 0.933. The first kappa shape index (κ1) is 15.7. The van der Waals surface area contributed by atoms with Gasteiger partial charge < -0.3 is 19.7 Å². The minimum absolute atomic E-state index is 0.145. The Morgan fingerprint density at radius 1 is 1.35 bits per heavy atom. The van der Waals surface area contributed by atoms with Gasteiger partial charge in [0.1, 0.15) is 0 Å². The molecule has 2 fully saturated rings. The van der Waals surface area contributed by atoms with E-state index in [1.54, 1.807) is 14.2 Å². The smallest absolute Gasteiger partial charge is 0.224 e. The Morgan fingerprint density at radius 3 is 2.75 bits per heavy atom. The van der Waals surface area contributed by atoms with Crippen molar-refractivity contribution in [1.29, 1.82) is 0 Å². The first-order chi connectivity index (χ1) is 9.69. The van der Waals surface area contributed by atoms with Gasteiger partial charge >= 0.3 is 0 Å². The number of carbonyl (C=O) groups excluding carboxylic acids is 1. The second kappa shape index (κ2) is 7.38. The number of rotatable bonds is 8. The van der Waals surface area contributed by atoms with Crippen molar-refractivity contribution in [1.82, 2.24) is 10.2 Å². The van der Waals surface area contributed by atoms with Crippen molar-refractivity contribution in [3.05, 3.63) is 0 Å². The molecule has 116 valence electrons. The van der Waals surface area contributed by atoms with Crippen molar-refractivity contribution in [2.45, 2.75) is 25.7 Å². The van der Waals surface area contributed by atoms with Crippen LogP contribution in [0.25, 0.3) is 0 Å².